The van der Waals surface area contributed by atoms with Crippen LogP contribution in [0.3, 0.4) is 0 Å². The highest BCUT2D eigenvalue weighted by Crippen LogP contribution is 2.44. The van der Waals surface area contributed by atoms with Crippen molar-refractivity contribution in [2.75, 3.05) is 6.26 Å². The van der Waals surface area contributed by atoms with Crippen molar-refractivity contribution in [2.45, 2.75) is 18.0 Å². The molecule has 0 saturated heterocycles. The molecule has 3 rings (SSSR count). The lowest BCUT2D eigenvalue weighted by atomic mass is 10.0. The number of alkyl halides is 1. The first-order valence-corrected chi connectivity index (χ1v) is 8.79. The molecule has 0 fully saturated rings. The second-order valence-electron chi connectivity index (χ2n) is 5.62. The van der Waals surface area contributed by atoms with Crippen molar-refractivity contribution in [1.82, 2.24) is 0 Å². The molecule has 2 aromatic rings. The van der Waals surface area contributed by atoms with Gasteiger partial charge in [-0.3, -0.25) is 0 Å². The Morgan fingerprint density at radius 2 is 1.75 bits per heavy atom. The van der Waals surface area contributed by atoms with Crippen molar-refractivity contribution in [3.63, 3.8) is 0 Å². The van der Waals surface area contributed by atoms with Crippen LogP contribution in [0.25, 0.3) is 17.2 Å². The number of benzene rings is 2. The predicted octanol–water partition coefficient (Wildman–Crippen LogP) is 5.16. The van der Waals surface area contributed by atoms with Gasteiger partial charge in [-0.25, -0.2) is 9.18 Å². The van der Waals surface area contributed by atoms with E-state index >= 15 is 0 Å². The molecule has 0 radical (unpaired) electrons. The van der Waals surface area contributed by atoms with Gasteiger partial charge in [0.25, 0.3) is 0 Å². The maximum absolute atomic E-state index is 14.3. The topological polar surface area (TPSA) is 37.3 Å². The minimum absolute atomic E-state index is 0.255. The highest BCUT2D eigenvalue weighted by atomic mass is 32.2. The molecule has 24 heavy (non-hydrogen) atoms. The fourth-order valence-electron chi connectivity index (χ4n) is 3.00. The van der Waals surface area contributed by atoms with Crippen molar-refractivity contribution in [3.05, 3.63) is 70.8 Å². The molecular formula is C20H17FO2S. The molecule has 122 valence electrons. The summed E-state index contributed by atoms with van der Waals surface area (Å²) < 4.78 is 14.3. The van der Waals surface area contributed by atoms with Crippen molar-refractivity contribution >= 4 is 35.0 Å². The Labute approximate surface area is 144 Å². The Morgan fingerprint density at radius 3 is 2.33 bits per heavy atom. The summed E-state index contributed by atoms with van der Waals surface area (Å²) in [7, 11) is 0. The molecule has 1 aliphatic carbocycles. The molecule has 0 saturated carbocycles. The van der Waals surface area contributed by atoms with Gasteiger partial charge >= 0.3 is 5.97 Å². The molecule has 1 N–H and O–H groups in total. The third kappa shape index (κ3) is 2.89. The third-order valence-corrected chi connectivity index (χ3v) is 4.96. The number of fused-ring (bicyclic) bond motifs is 1. The molecule has 0 amide bonds. The average Bonchev–Trinajstić information content (AvgIpc) is 2.87. The molecule has 2 nitrogen and oxygen atoms in total. The zero-order chi connectivity index (χ0) is 17.3. The number of carboxylic acid groups (broad SMARTS) is 1. The van der Waals surface area contributed by atoms with E-state index in [4.69, 9.17) is 5.11 Å². The van der Waals surface area contributed by atoms with E-state index in [1.165, 1.54) is 4.90 Å². The zero-order valence-corrected chi connectivity index (χ0v) is 14.2. The second-order valence-corrected chi connectivity index (χ2v) is 6.50. The predicted molar refractivity (Wildman–Crippen MR) is 97.7 cm³/mol. The van der Waals surface area contributed by atoms with E-state index in [0.717, 1.165) is 16.7 Å². The van der Waals surface area contributed by atoms with Gasteiger partial charge in [-0.05, 0) is 59.2 Å². The maximum Gasteiger partial charge on any atom is 0.343 e. The molecule has 4 heteroatoms. The van der Waals surface area contributed by atoms with Crippen LogP contribution in [-0.2, 0) is 4.79 Å². The molecule has 1 aliphatic rings. The highest BCUT2D eigenvalue weighted by Gasteiger charge is 2.32. The van der Waals surface area contributed by atoms with Gasteiger partial charge in [-0.2, -0.15) is 0 Å². The Balaban J connectivity index is 2.12. The van der Waals surface area contributed by atoms with Gasteiger partial charge in [0, 0.05) is 10.5 Å². The maximum atomic E-state index is 14.3. The Bertz CT molecular complexity index is 850. The number of rotatable bonds is 4. The van der Waals surface area contributed by atoms with Crippen LogP contribution in [-0.4, -0.2) is 23.5 Å². The van der Waals surface area contributed by atoms with E-state index in [1.54, 1.807) is 30.8 Å². The summed E-state index contributed by atoms with van der Waals surface area (Å²) in [5.74, 6) is -1.45. The Kier molecular flexibility index (Phi) is 4.58. The normalized spacial score (nSPS) is 16.4. The first-order chi connectivity index (χ1) is 11.5. The van der Waals surface area contributed by atoms with Gasteiger partial charge in [0.2, 0.25) is 6.17 Å². The summed E-state index contributed by atoms with van der Waals surface area (Å²) in [5, 5.41) is 9.09. The van der Waals surface area contributed by atoms with E-state index in [9.17, 15) is 9.18 Å². The monoisotopic (exact) mass is 340 g/mol. The van der Waals surface area contributed by atoms with Crippen LogP contribution in [0.5, 0.6) is 0 Å². The van der Waals surface area contributed by atoms with Gasteiger partial charge in [-0.1, -0.05) is 36.4 Å². The first kappa shape index (κ1) is 16.5. The van der Waals surface area contributed by atoms with E-state index in [0.29, 0.717) is 11.1 Å². The molecule has 0 aromatic heterocycles. The van der Waals surface area contributed by atoms with Gasteiger partial charge in [0.1, 0.15) is 0 Å². The fourth-order valence-corrected chi connectivity index (χ4v) is 3.41. The van der Waals surface area contributed by atoms with E-state index in [-0.39, 0.29) is 5.57 Å². The van der Waals surface area contributed by atoms with Crippen molar-refractivity contribution < 1.29 is 14.3 Å². The molecule has 1 unspecified atom stereocenters. The molecule has 0 bridgehead atoms. The molecule has 1 atom stereocenters. The summed E-state index contributed by atoms with van der Waals surface area (Å²) in [5.41, 5.74) is 4.36. The smallest absolute Gasteiger partial charge is 0.343 e. The minimum atomic E-state index is -2.02. The number of carbonyl (C=O) groups is 1. The number of halogens is 1. The Morgan fingerprint density at radius 1 is 1.12 bits per heavy atom. The molecule has 0 aliphatic heterocycles. The van der Waals surface area contributed by atoms with Crippen molar-refractivity contribution in [2.24, 2.45) is 0 Å². The highest BCUT2D eigenvalue weighted by molar-refractivity contribution is 7.98. The lowest BCUT2D eigenvalue weighted by Crippen LogP contribution is -2.16. The first-order valence-electron chi connectivity index (χ1n) is 7.56. The van der Waals surface area contributed by atoms with Gasteiger partial charge < -0.3 is 5.11 Å². The van der Waals surface area contributed by atoms with Crippen LogP contribution in [0.1, 0.15) is 23.6 Å². The van der Waals surface area contributed by atoms with Crippen LogP contribution in [0, 0.1) is 0 Å². The summed E-state index contributed by atoms with van der Waals surface area (Å²) in [6.07, 6.45) is 1.99. The summed E-state index contributed by atoms with van der Waals surface area (Å²) >= 11 is 1.67. The third-order valence-electron chi connectivity index (χ3n) is 4.21. The largest absolute Gasteiger partial charge is 0.479 e. The molecule has 0 spiro atoms. The van der Waals surface area contributed by atoms with Crippen molar-refractivity contribution in [3.8, 4) is 0 Å². The zero-order valence-electron chi connectivity index (χ0n) is 13.4. The molecule has 0 heterocycles. The number of hydrogen-bond donors (Lipinski definition) is 1. The number of carboxylic acids is 1. The van der Waals surface area contributed by atoms with E-state index in [1.807, 2.05) is 48.7 Å². The van der Waals surface area contributed by atoms with Gasteiger partial charge in [-0.15, -0.1) is 11.8 Å². The summed E-state index contributed by atoms with van der Waals surface area (Å²) in [6, 6.07) is 15.5. The van der Waals surface area contributed by atoms with Crippen LogP contribution in [0.15, 0.2) is 59.0 Å². The fraction of sp³-hybridized carbons (Fsp3) is 0.150. The van der Waals surface area contributed by atoms with Gasteiger partial charge in [0.15, 0.2) is 0 Å². The van der Waals surface area contributed by atoms with Gasteiger partial charge in [0.05, 0.1) is 0 Å². The number of allylic oxidation sites excluding steroid dienone is 2. The van der Waals surface area contributed by atoms with Crippen LogP contribution < -0.4 is 0 Å². The second kappa shape index (κ2) is 6.65. The molecular weight excluding hydrogens is 323 g/mol. The van der Waals surface area contributed by atoms with Crippen LogP contribution in [0.2, 0.25) is 0 Å². The lowest BCUT2D eigenvalue weighted by Gasteiger charge is -2.07. The average molecular weight is 340 g/mol. The summed E-state index contributed by atoms with van der Waals surface area (Å²) in [4.78, 5) is 12.3. The van der Waals surface area contributed by atoms with E-state index in [2.05, 4.69) is 0 Å². The standard InChI is InChI=1S/C20H17FO2S/c1-12-17(11-13-7-9-14(24-2)10-8-13)15-5-3-4-6-16(15)18(12)19(21)20(22)23/h3-11,19H,1-2H3,(H,22,23). The van der Waals surface area contributed by atoms with Crippen LogP contribution >= 0.6 is 11.8 Å². The molecule has 2 aromatic carbocycles. The Hall–Kier alpha value is -2.33. The quantitative estimate of drug-likeness (QED) is 0.781. The number of hydrogen-bond acceptors (Lipinski definition) is 2. The van der Waals surface area contributed by atoms with Crippen LogP contribution in [0.4, 0.5) is 4.39 Å². The minimum Gasteiger partial charge on any atom is -0.479 e. The lowest BCUT2D eigenvalue weighted by molar-refractivity contribution is -0.140. The van der Waals surface area contributed by atoms with Crippen molar-refractivity contribution in [1.29, 1.82) is 0 Å². The SMILES string of the molecule is CSc1ccc(C=C2C(C)=C(C(F)C(=O)O)c3ccccc32)cc1. The summed E-state index contributed by atoms with van der Waals surface area (Å²) in [6.45, 7) is 1.78. The number of aliphatic carboxylic acids is 1. The number of thioether (sulfide) groups is 1. The van der Waals surface area contributed by atoms with E-state index < -0.39 is 12.1 Å².